The Morgan fingerprint density at radius 1 is 1.28 bits per heavy atom. The van der Waals surface area contributed by atoms with Crippen LogP contribution in [0.3, 0.4) is 0 Å². The second kappa shape index (κ2) is 7.28. The molecule has 0 atom stereocenters. The predicted molar refractivity (Wildman–Crippen MR) is 94.0 cm³/mol. The van der Waals surface area contributed by atoms with Gasteiger partial charge in [-0.1, -0.05) is 0 Å². The van der Waals surface area contributed by atoms with Crippen molar-refractivity contribution in [2.45, 2.75) is 13.2 Å². The summed E-state index contributed by atoms with van der Waals surface area (Å²) in [6.07, 6.45) is 5.40. The molecule has 0 spiro atoms. The Morgan fingerprint density at radius 3 is 2.72 bits per heavy atom. The Morgan fingerprint density at radius 2 is 2.08 bits per heavy atom. The zero-order chi connectivity index (χ0) is 17.8. The molecular weight excluding hydrogens is 319 g/mol. The molecule has 6 nitrogen and oxygen atoms in total. The van der Waals surface area contributed by atoms with Crippen LogP contribution in [0.25, 0.3) is 16.7 Å². The summed E-state index contributed by atoms with van der Waals surface area (Å²) >= 11 is 0. The van der Waals surface area contributed by atoms with Gasteiger partial charge in [0.05, 0.1) is 25.5 Å². The van der Waals surface area contributed by atoms with Gasteiger partial charge >= 0.3 is 7.12 Å². The lowest BCUT2D eigenvalue weighted by atomic mass is 9.82. The Bertz CT molecular complexity index is 861. The standard InChI is InChI=1S/C18H17BN2O4/c1-3-24-17-6-12(4-13(8-20)18(17)23-2)14-5-15(10-21-9-14)16-7-19(22)25-11-16/h4-6,9-11,22H,3,7H2,1-2H3. The molecule has 0 amide bonds. The normalized spacial score (nSPS) is 13.0. The van der Waals surface area contributed by atoms with E-state index >= 15 is 0 Å². The minimum absolute atomic E-state index is 0.396. The molecule has 0 aliphatic carbocycles. The smallest absolute Gasteiger partial charge is 0.526 e. The zero-order valence-corrected chi connectivity index (χ0v) is 14.0. The molecule has 0 fully saturated rings. The summed E-state index contributed by atoms with van der Waals surface area (Å²) in [7, 11) is 0.702. The molecule has 0 bridgehead atoms. The number of aromatic nitrogens is 1. The largest absolute Gasteiger partial charge is 0.542 e. The van der Waals surface area contributed by atoms with Gasteiger partial charge in [-0.15, -0.1) is 0 Å². The summed E-state index contributed by atoms with van der Waals surface area (Å²) in [5, 5.41) is 18.9. The third-order valence-electron chi connectivity index (χ3n) is 3.88. The molecule has 1 aromatic heterocycles. The van der Waals surface area contributed by atoms with Gasteiger partial charge in [0.25, 0.3) is 0 Å². The molecule has 3 rings (SSSR count). The van der Waals surface area contributed by atoms with Gasteiger partial charge in [0.15, 0.2) is 11.5 Å². The van der Waals surface area contributed by atoms with Crippen LogP contribution >= 0.6 is 0 Å². The minimum atomic E-state index is -0.811. The number of nitriles is 1. The van der Waals surface area contributed by atoms with E-state index in [9.17, 15) is 10.3 Å². The number of rotatable bonds is 5. The summed E-state index contributed by atoms with van der Waals surface area (Å²) in [6, 6.07) is 7.66. The highest BCUT2D eigenvalue weighted by Crippen LogP contribution is 2.37. The van der Waals surface area contributed by atoms with Crippen LogP contribution in [0.4, 0.5) is 0 Å². The van der Waals surface area contributed by atoms with Crippen molar-refractivity contribution < 1.29 is 19.2 Å². The van der Waals surface area contributed by atoms with Crippen LogP contribution in [0.2, 0.25) is 6.32 Å². The fourth-order valence-electron chi connectivity index (χ4n) is 2.73. The summed E-state index contributed by atoms with van der Waals surface area (Å²) < 4.78 is 16.0. The molecule has 0 radical (unpaired) electrons. The highest BCUT2D eigenvalue weighted by Gasteiger charge is 2.24. The van der Waals surface area contributed by atoms with Gasteiger partial charge in [-0.05, 0) is 41.8 Å². The van der Waals surface area contributed by atoms with Gasteiger partial charge in [0.2, 0.25) is 0 Å². The van der Waals surface area contributed by atoms with E-state index in [0.717, 1.165) is 22.3 Å². The highest BCUT2D eigenvalue weighted by molar-refractivity contribution is 6.47. The third-order valence-corrected chi connectivity index (χ3v) is 3.88. The molecule has 0 unspecified atom stereocenters. The van der Waals surface area contributed by atoms with Crippen molar-refractivity contribution in [2.24, 2.45) is 0 Å². The van der Waals surface area contributed by atoms with E-state index in [2.05, 4.69) is 11.1 Å². The van der Waals surface area contributed by atoms with Crippen molar-refractivity contribution in [3.8, 4) is 28.7 Å². The lowest BCUT2D eigenvalue weighted by Gasteiger charge is -2.13. The van der Waals surface area contributed by atoms with E-state index in [-0.39, 0.29) is 0 Å². The Labute approximate surface area is 146 Å². The van der Waals surface area contributed by atoms with Crippen molar-refractivity contribution in [3.05, 3.63) is 48.0 Å². The van der Waals surface area contributed by atoms with E-state index in [1.807, 2.05) is 19.1 Å². The van der Waals surface area contributed by atoms with E-state index < -0.39 is 7.12 Å². The van der Waals surface area contributed by atoms with Gasteiger partial charge in [0, 0.05) is 24.3 Å². The number of pyridine rings is 1. The molecule has 1 aliphatic heterocycles. The third kappa shape index (κ3) is 3.44. The number of methoxy groups -OCH3 is 1. The fraction of sp³-hybridized carbons (Fsp3) is 0.222. The quantitative estimate of drug-likeness (QED) is 0.845. The SMILES string of the molecule is CCOc1cc(-c2cncc(C3=COB(O)C3)c2)cc(C#N)c1OC. The first kappa shape index (κ1) is 16.9. The highest BCUT2D eigenvalue weighted by atomic mass is 16.5. The Balaban J connectivity index is 2.04. The molecule has 2 heterocycles. The molecule has 1 aromatic carbocycles. The minimum Gasteiger partial charge on any atom is -0.542 e. The fourth-order valence-corrected chi connectivity index (χ4v) is 2.73. The first-order valence-corrected chi connectivity index (χ1v) is 7.89. The summed E-state index contributed by atoms with van der Waals surface area (Å²) in [4.78, 5) is 4.27. The Kier molecular flexibility index (Phi) is 4.91. The van der Waals surface area contributed by atoms with Gasteiger partial charge in [-0.2, -0.15) is 5.26 Å². The molecule has 1 N–H and O–H groups in total. The summed E-state index contributed by atoms with van der Waals surface area (Å²) in [5.74, 6) is 0.940. The van der Waals surface area contributed by atoms with Crippen LogP contribution in [0, 0.1) is 11.3 Å². The molecule has 0 saturated carbocycles. The van der Waals surface area contributed by atoms with Crippen molar-refractivity contribution in [3.63, 3.8) is 0 Å². The number of hydrogen-bond acceptors (Lipinski definition) is 6. The maximum atomic E-state index is 9.51. The average molecular weight is 336 g/mol. The molecule has 126 valence electrons. The summed E-state index contributed by atoms with van der Waals surface area (Å²) in [5.41, 5.74) is 3.77. The number of nitrogens with zero attached hydrogens (tertiary/aromatic N) is 2. The number of ether oxygens (including phenoxy) is 2. The monoisotopic (exact) mass is 336 g/mol. The van der Waals surface area contributed by atoms with Gasteiger partial charge in [0.1, 0.15) is 6.07 Å². The lowest BCUT2D eigenvalue weighted by molar-refractivity contribution is 0.310. The molecular formula is C18H17BN2O4. The van der Waals surface area contributed by atoms with Crippen LogP contribution in [-0.4, -0.2) is 30.8 Å². The van der Waals surface area contributed by atoms with Crippen molar-refractivity contribution in [2.75, 3.05) is 13.7 Å². The first-order valence-electron chi connectivity index (χ1n) is 7.89. The predicted octanol–water partition coefficient (Wildman–Crippen LogP) is 2.88. The van der Waals surface area contributed by atoms with Crippen molar-refractivity contribution in [1.82, 2.24) is 4.98 Å². The van der Waals surface area contributed by atoms with Crippen LogP contribution in [-0.2, 0) is 4.65 Å². The second-order valence-electron chi connectivity index (χ2n) is 5.50. The van der Waals surface area contributed by atoms with Gasteiger partial charge < -0.3 is 19.2 Å². The maximum absolute atomic E-state index is 9.51. The lowest BCUT2D eigenvalue weighted by Crippen LogP contribution is -2.08. The van der Waals surface area contributed by atoms with E-state index in [1.165, 1.54) is 7.11 Å². The average Bonchev–Trinajstić information content (AvgIpc) is 3.08. The van der Waals surface area contributed by atoms with E-state index in [4.69, 9.17) is 14.1 Å². The number of allylic oxidation sites excluding steroid dienone is 1. The van der Waals surface area contributed by atoms with Gasteiger partial charge in [-0.25, -0.2) is 0 Å². The van der Waals surface area contributed by atoms with Crippen LogP contribution in [0.15, 0.2) is 36.9 Å². The summed E-state index contributed by atoms with van der Waals surface area (Å²) in [6.45, 7) is 2.34. The molecule has 1 aliphatic rings. The van der Waals surface area contributed by atoms with Gasteiger partial charge in [-0.3, -0.25) is 4.98 Å². The topological polar surface area (TPSA) is 84.6 Å². The molecule has 2 aromatic rings. The van der Waals surface area contributed by atoms with Crippen LogP contribution < -0.4 is 9.47 Å². The number of hydrogen-bond donors (Lipinski definition) is 1. The number of benzene rings is 1. The molecule has 7 heteroatoms. The van der Waals surface area contributed by atoms with Crippen LogP contribution in [0.1, 0.15) is 18.1 Å². The van der Waals surface area contributed by atoms with E-state index in [0.29, 0.717) is 30.0 Å². The molecule has 0 saturated heterocycles. The molecule has 25 heavy (non-hydrogen) atoms. The maximum Gasteiger partial charge on any atom is 0.526 e. The Hall–Kier alpha value is -2.98. The van der Waals surface area contributed by atoms with Crippen molar-refractivity contribution in [1.29, 1.82) is 5.26 Å². The van der Waals surface area contributed by atoms with Crippen molar-refractivity contribution >= 4 is 12.7 Å². The zero-order valence-electron chi connectivity index (χ0n) is 14.0. The van der Waals surface area contributed by atoms with E-state index in [1.54, 1.807) is 24.7 Å². The first-order chi connectivity index (χ1) is 12.2. The second-order valence-corrected chi connectivity index (χ2v) is 5.50. The van der Waals surface area contributed by atoms with Crippen LogP contribution in [0.5, 0.6) is 11.5 Å².